The number of pyridine rings is 1. The monoisotopic (exact) mass is 241 g/mol. The Labute approximate surface area is 82.9 Å². The minimum Gasteiger partial charge on any atom is -0.249 e. The lowest BCUT2D eigenvalue weighted by Crippen LogP contribution is -2.17. The van der Waals surface area contributed by atoms with Crippen LogP contribution in [0.3, 0.4) is 0 Å². The molecule has 0 bridgehead atoms. The van der Waals surface area contributed by atoms with Crippen molar-refractivity contribution in [3.8, 4) is 0 Å². The average Bonchev–Trinajstić information content (AvgIpc) is 2.32. The summed E-state index contributed by atoms with van der Waals surface area (Å²) in [5.41, 5.74) is 1.56. The standard InChI is InChI=1S/C8H8BrN3O/c1-5-3-6(9)4-12-7(5)10-11(2)8(12)13/h3-4H,1-2H3. The third-order valence-electron chi connectivity index (χ3n) is 1.92. The minimum absolute atomic E-state index is 0.126. The van der Waals surface area contributed by atoms with E-state index in [1.807, 2.05) is 13.0 Å². The van der Waals surface area contributed by atoms with E-state index in [-0.39, 0.29) is 5.69 Å². The summed E-state index contributed by atoms with van der Waals surface area (Å²) >= 11 is 3.33. The Morgan fingerprint density at radius 1 is 1.54 bits per heavy atom. The van der Waals surface area contributed by atoms with Gasteiger partial charge in [-0.15, -0.1) is 5.10 Å². The van der Waals surface area contributed by atoms with Crippen LogP contribution in [-0.2, 0) is 7.05 Å². The number of nitrogens with zero attached hydrogens (tertiary/aromatic N) is 3. The lowest BCUT2D eigenvalue weighted by molar-refractivity contribution is 0.732. The first-order valence-corrected chi connectivity index (χ1v) is 4.60. The highest BCUT2D eigenvalue weighted by atomic mass is 79.9. The summed E-state index contributed by atoms with van der Waals surface area (Å²) in [6, 6.07) is 1.93. The topological polar surface area (TPSA) is 39.3 Å². The highest BCUT2D eigenvalue weighted by Crippen LogP contribution is 2.13. The molecule has 0 spiro atoms. The highest BCUT2D eigenvalue weighted by molar-refractivity contribution is 9.10. The fraction of sp³-hybridized carbons (Fsp3) is 0.250. The normalized spacial score (nSPS) is 11.0. The Morgan fingerprint density at radius 3 is 2.92 bits per heavy atom. The summed E-state index contributed by atoms with van der Waals surface area (Å²) in [6.07, 6.45) is 1.72. The molecule has 68 valence electrons. The smallest absolute Gasteiger partial charge is 0.249 e. The van der Waals surface area contributed by atoms with Gasteiger partial charge in [0.15, 0.2) is 5.65 Å². The van der Waals surface area contributed by atoms with Crippen molar-refractivity contribution in [2.45, 2.75) is 6.92 Å². The van der Waals surface area contributed by atoms with Gasteiger partial charge in [0.1, 0.15) is 0 Å². The first-order valence-electron chi connectivity index (χ1n) is 3.81. The molecule has 4 nitrogen and oxygen atoms in total. The second kappa shape index (κ2) is 2.70. The molecule has 0 aromatic carbocycles. The van der Waals surface area contributed by atoms with Gasteiger partial charge in [0.25, 0.3) is 0 Å². The molecule has 13 heavy (non-hydrogen) atoms. The molecule has 2 aromatic rings. The lowest BCUT2D eigenvalue weighted by Gasteiger charge is -1.95. The lowest BCUT2D eigenvalue weighted by atomic mass is 10.3. The summed E-state index contributed by atoms with van der Waals surface area (Å²) in [4.78, 5) is 11.5. The molecule has 0 aliphatic carbocycles. The number of hydrogen-bond donors (Lipinski definition) is 0. The van der Waals surface area contributed by atoms with Crippen LogP contribution in [0.1, 0.15) is 5.56 Å². The number of aromatic nitrogens is 3. The van der Waals surface area contributed by atoms with Gasteiger partial charge in [-0.25, -0.2) is 13.9 Å². The molecule has 5 heteroatoms. The summed E-state index contributed by atoms with van der Waals surface area (Å²) in [5.74, 6) is 0. The average molecular weight is 242 g/mol. The van der Waals surface area contributed by atoms with E-state index < -0.39 is 0 Å². The van der Waals surface area contributed by atoms with Crippen LogP contribution < -0.4 is 5.69 Å². The first kappa shape index (κ1) is 8.50. The Kier molecular flexibility index (Phi) is 1.76. The van der Waals surface area contributed by atoms with Crippen molar-refractivity contribution < 1.29 is 0 Å². The number of hydrogen-bond acceptors (Lipinski definition) is 2. The van der Waals surface area contributed by atoms with Gasteiger partial charge in [-0.2, -0.15) is 0 Å². The minimum atomic E-state index is -0.126. The van der Waals surface area contributed by atoms with Crippen LogP contribution in [0.25, 0.3) is 5.65 Å². The molecule has 2 aromatic heterocycles. The van der Waals surface area contributed by atoms with Crippen LogP contribution >= 0.6 is 15.9 Å². The molecule has 2 rings (SSSR count). The van der Waals surface area contributed by atoms with Gasteiger partial charge in [0.05, 0.1) is 0 Å². The Hall–Kier alpha value is -1.10. The van der Waals surface area contributed by atoms with Crippen LogP contribution in [0.5, 0.6) is 0 Å². The van der Waals surface area contributed by atoms with E-state index in [2.05, 4.69) is 21.0 Å². The zero-order chi connectivity index (χ0) is 9.59. The summed E-state index contributed by atoms with van der Waals surface area (Å²) < 4.78 is 3.74. The summed E-state index contributed by atoms with van der Waals surface area (Å²) in [7, 11) is 1.64. The van der Waals surface area contributed by atoms with Crippen LogP contribution in [0, 0.1) is 6.92 Å². The van der Waals surface area contributed by atoms with E-state index in [0.717, 1.165) is 10.0 Å². The number of fused-ring (bicyclic) bond motifs is 1. The van der Waals surface area contributed by atoms with E-state index >= 15 is 0 Å². The van der Waals surface area contributed by atoms with E-state index in [0.29, 0.717) is 5.65 Å². The predicted octanol–water partition coefficient (Wildman–Crippen LogP) is 1.10. The van der Waals surface area contributed by atoms with Crippen LogP contribution in [0.2, 0.25) is 0 Å². The summed E-state index contributed by atoms with van der Waals surface area (Å²) in [5, 5.41) is 4.10. The molecule has 0 unspecified atom stereocenters. The van der Waals surface area contributed by atoms with Gasteiger partial charge in [-0.1, -0.05) is 0 Å². The Balaban J connectivity index is 3.03. The van der Waals surface area contributed by atoms with Crippen molar-refractivity contribution in [1.82, 2.24) is 14.2 Å². The molecule has 0 aliphatic rings. The Morgan fingerprint density at radius 2 is 2.23 bits per heavy atom. The molecule has 0 amide bonds. The van der Waals surface area contributed by atoms with Crippen LogP contribution in [0.4, 0.5) is 0 Å². The highest BCUT2D eigenvalue weighted by Gasteiger charge is 2.06. The molecule has 0 aliphatic heterocycles. The van der Waals surface area contributed by atoms with Gasteiger partial charge in [-0.05, 0) is 34.5 Å². The quantitative estimate of drug-likeness (QED) is 0.694. The van der Waals surface area contributed by atoms with Crippen molar-refractivity contribution in [3.05, 3.63) is 32.8 Å². The fourth-order valence-electron chi connectivity index (χ4n) is 1.30. The molecular formula is C8H8BrN3O. The van der Waals surface area contributed by atoms with Gasteiger partial charge >= 0.3 is 5.69 Å². The largest absolute Gasteiger partial charge is 0.350 e. The van der Waals surface area contributed by atoms with Crippen LogP contribution in [0.15, 0.2) is 21.5 Å². The van der Waals surface area contributed by atoms with E-state index in [1.54, 1.807) is 13.2 Å². The molecular weight excluding hydrogens is 234 g/mol. The second-order valence-electron chi connectivity index (χ2n) is 2.94. The van der Waals surface area contributed by atoms with Crippen molar-refractivity contribution in [1.29, 1.82) is 0 Å². The molecule has 0 atom stereocenters. The van der Waals surface area contributed by atoms with E-state index in [9.17, 15) is 4.79 Å². The van der Waals surface area contributed by atoms with Crippen molar-refractivity contribution in [2.75, 3.05) is 0 Å². The second-order valence-corrected chi connectivity index (χ2v) is 3.86. The van der Waals surface area contributed by atoms with E-state index in [4.69, 9.17) is 0 Å². The zero-order valence-electron chi connectivity index (χ0n) is 7.28. The molecule has 0 N–H and O–H groups in total. The maximum absolute atomic E-state index is 11.5. The molecule has 0 saturated heterocycles. The third kappa shape index (κ3) is 1.19. The zero-order valence-corrected chi connectivity index (χ0v) is 8.87. The first-order chi connectivity index (χ1) is 6.09. The number of halogens is 1. The molecule has 0 saturated carbocycles. The Bertz CT molecular complexity index is 526. The predicted molar refractivity (Wildman–Crippen MR) is 52.9 cm³/mol. The third-order valence-corrected chi connectivity index (χ3v) is 2.35. The van der Waals surface area contributed by atoms with Crippen molar-refractivity contribution in [2.24, 2.45) is 7.05 Å². The van der Waals surface area contributed by atoms with Gasteiger partial charge in [-0.3, -0.25) is 0 Å². The number of rotatable bonds is 0. The fourth-order valence-corrected chi connectivity index (χ4v) is 1.84. The molecule has 0 radical (unpaired) electrons. The SMILES string of the molecule is Cc1cc(Br)cn2c(=O)n(C)nc12. The van der Waals surface area contributed by atoms with Gasteiger partial charge in [0.2, 0.25) is 0 Å². The summed E-state index contributed by atoms with van der Waals surface area (Å²) in [6.45, 7) is 1.92. The molecule has 2 heterocycles. The van der Waals surface area contributed by atoms with Gasteiger partial charge in [0, 0.05) is 17.7 Å². The molecule has 0 fully saturated rings. The number of aryl methyl sites for hydroxylation is 2. The maximum atomic E-state index is 11.5. The van der Waals surface area contributed by atoms with Crippen molar-refractivity contribution in [3.63, 3.8) is 0 Å². The van der Waals surface area contributed by atoms with Crippen molar-refractivity contribution >= 4 is 21.6 Å². The van der Waals surface area contributed by atoms with Crippen LogP contribution in [-0.4, -0.2) is 14.2 Å². The van der Waals surface area contributed by atoms with Gasteiger partial charge < -0.3 is 0 Å². The maximum Gasteiger partial charge on any atom is 0.350 e. The van der Waals surface area contributed by atoms with E-state index in [1.165, 1.54) is 9.08 Å².